The van der Waals surface area contributed by atoms with Gasteiger partial charge in [0, 0.05) is 17.5 Å². The van der Waals surface area contributed by atoms with E-state index in [0.717, 1.165) is 37.8 Å². The minimum atomic E-state index is 0.0665. The van der Waals surface area contributed by atoms with Gasteiger partial charge in [-0.2, -0.15) is 0 Å². The fourth-order valence-electron chi connectivity index (χ4n) is 3.58. The summed E-state index contributed by atoms with van der Waals surface area (Å²) in [5, 5.41) is 9.74. The molecule has 1 aromatic heterocycles. The molecular weight excluding hydrogens is 282 g/mol. The quantitative estimate of drug-likeness (QED) is 0.678. The third-order valence-electron chi connectivity index (χ3n) is 4.51. The minimum Gasteiger partial charge on any atom is -0.390 e. The Bertz CT molecular complexity index is 612. The fraction of sp³-hybridized carbons (Fsp3) is 0.524. The zero-order valence-corrected chi connectivity index (χ0v) is 15.1. The van der Waals surface area contributed by atoms with Gasteiger partial charge in [0.15, 0.2) is 0 Å². The molecule has 0 spiro atoms. The molecule has 2 N–H and O–H groups in total. The monoisotopic (exact) mass is 313 g/mol. The normalized spacial score (nSPS) is 11.2. The average molecular weight is 313 g/mol. The van der Waals surface area contributed by atoms with E-state index in [1.807, 2.05) is 6.20 Å². The lowest BCUT2D eigenvalue weighted by atomic mass is 9.86. The fourth-order valence-corrected chi connectivity index (χ4v) is 3.58. The van der Waals surface area contributed by atoms with Crippen LogP contribution in [0.3, 0.4) is 0 Å². The van der Waals surface area contributed by atoms with Crippen molar-refractivity contribution in [1.29, 1.82) is 0 Å². The van der Waals surface area contributed by atoms with E-state index in [-0.39, 0.29) is 6.61 Å². The van der Waals surface area contributed by atoms with Gasteiger partial charge in [0.25, 0.3) is 0 Å². The Balaban J connectivity index is 2.69. The Morgan fingerprint density at radius 3 is 1.91 bits per heavy atom. The van der Waals surface area contributed by atoms with Crippen molar-refractivity contribution >= 4 is 0 Å². The van der Waals surface area contributed by atoms with Crippen molar-refractivity contribution in [3.63, 3.8) is 0 Å². The molecule has 0 radical (unpaired) electrons. The predicted octanol–water partition coefficient (Wildman–Crippen LogP) is 5.34. The molecule has 2 heteroatoms. The molecule has 1 aromatic carbocycles. The number of aliphatic hydroxyl groups excluding tert-OH is 1. The SMILES string of the molecule is CCCc1cc(CCC)c(-c2c(C)c[nH]c2CO)c(CCC)c1. The first-order valence-electron chi connectivity index (χ1n) is 9.08. The van der Waals surface area contributed by atoms with Gasteiger partial charge in [0.1, 0.15) is 0 Å². The summed E-state index contributed by atoms with van der Waals surface area (Å²) in [6.45, 7) is 8.93. The van der Waals surface area contributed by atoms with Gasteiger partial charge in [-0.05, 0) is 54.0 Å². The smallest absolute Gasteiger partial charge is 0.0837 e. The van der Waals surface area contributed by atoms with Crippen molar-refractivity contribution in [2.75, 3.05) is 0 Å². The maximum atomic E-state index is 9.74. The van der Waals surface area contributed by atoms with Crippen LogP contribution in [0.1, 0.15) is 68.0 Å². The number of aromatic amines is 1. The first-order valence-corrected chi connectivity index (χ1v) is 9.08. The van der Waals surface area contributed by atoms with Gasteiger partial charge in [-0.3, -0.25) is 0 Å². The molecule has 126 valence electrons. The summed E-state index contributed by atoms with van der Waals surface area (Å²) < 4.78 is 0. The standard InChI is InChI=1S/C21H31NO/c1-5-8-16-11-17(9-6-2)21(18(12-16)10-7-3)20-15(4)13-22-19(20)14-23/h11-13,22-23H,5-10,14H2,1-4H3. The van der Waals surface area contributed by atoms with Crippen LogP contribution in [-0.2, 0) is 25.9 Å². The van der Waals surface area contributed by atoms with E-state index in [1.165, 1.54) is 39.8 Å². The van der Waals surface area contributed by atoms with E-state index >= 15 is 0 Å². The molecule has 0 aliphatic heterocycles. The molecule has 0 unspecified atom stereocenters. The maximum absolute atomic E-state index is 9.74. The summed E-state index contributed by atoms with van der Waals surface area (Å²) in [5.41, 5.74) is 9.12. The van der Waals surface area contributed by atoms with E-state index in [2.05, 4.69) is 44.8 Å². The van der Waals surface area contributed by atoms with Crippen molar-refractivity contribution < 1.29 is 5.11 Å². The van der Waals surface area contributed by atoms with E-state index < -0.39 is 0 Å². The number of hydrogen-bond acceptors (Lipinski definition) is 1. The summed E-state index contributed by atoms with van der Waals surface area (Å²) in [5.74, 6) is 0. The predicted molar refractivity (Wildman–Crippen MR) is 98.9 cm³/mol. The van der Waals surface area contributed by atoms with Crippen LogP contribution in [0, 0.1) is 6.92 Å². The Labute approximate surface area is 141 Å². The van der Waals surface area contributed by atoms with Gasteiger partial charge < -0.3 is 10.1 Å². The summed E-state index contributed by atoms with van der Waals surface area (Å²) in [6.07, 6.45) is 8.83. The topological polar surface area (TPSA) is 36.0 Å². The number of aromatic nitrogens is 1. The highest BCUT2D eigenvalue weighted by molar-refractivity contribution is 5.77. The molecule has 1 heterocycles. The minimum absolute atomic E-state index is 0.0665. The average Bonchev–Trinajstić information content (AvgIpc) is 2.89. The van der Waals surface area contributed by atoms with Gasteiger partial charge in [0.2, 0.25) is 0 Å². The van der Waals surface area contributed by atoms with Gasteiger partial charge in [-0.1, -0.05) is 52.2 Å². The second-order valence-corrected chi connectivity index (χ2v) is 6.52. The van der Waals surface area contributed by atoms with Crippen LogP contribution in [-0.4, -0.2) is 10.1 Å². The van der Waals surface area contributed by atoms with E-state index in [9.17, 15) is 5.11 Å². The highest BCUT2D eigenvalue weighted by atomic mass is 16.3. The number of benzene rings is 1. The highest BCUT2D eigenvalue weighted by Crippen LogP contribution is 2.36. The lowest BCUT2D eigenvalue weighted by Crippen LogP contribution is -2.02. The molecule has 0 amide bonds. The van der Waals surface area contributed by atoms with Crippen LogP contribution < -0.4 is 0 Å². The van der Waals surface area contributed by atoms with Crippen molar-refractivity contribution in [2.24, 2.45) is 0 Å². The van der Waals surface area contributed by atoms with Gasteiger partial charge in [0.05, 0.1) is 6.61 Å². The van der Waals surface area contributed by atoms with Crippen LogP contribution in [0.25, 0.3) is 11.1 Å². The molecule has 0 saturated carbocycles. The third-order valence-corrected chi connectivity index (χ3v) is 4.51. The van der Waals surface area contributed by atoms with Crippen molar-refractivity contribution in [2.45, 2.75) is 72.8 Å². The van der Waals surface area contributed by atoms with Gasteiger partial charge in [-0.25, -0.2) is 0 Å². The summed E-state index contributed by atoms with van der Waals surface area (Å²) in [7, 11) is 0. The zero-order valence-electron chi connectivity index (χ0n) is 15.1. The van der Waals surface area contributed by atoms with Crippen molar-refractivity contribution in [1.82, 2.24) is 4.98 Å². The third kappa shape index (κ3) is 3.87. The molecule has 0 aliphatic rings. The highest BCUT2D eigenvalue weighted by Gasteiger charge is 2.18. The number of nitrogens with one attached hydrogen (secondary N) is 1. The number of aliphatic hydroxyl groups is 1. The molecule has 0 fully saturated rings. The molecule has 0 atom stereocenters. The molecule has 0 saturated heterocycles. The van der Waals surface area contributed by atoms with Crippen LogP contribution in [0.5, 0.6) is 0 Å². The molecule has 2 aromatic rings. The van der Waals surface area contributed by atoms with Crippen LogP contribution in [0.15, 0.2) is 18.3 Å². The van der Waals surface area contributed by atoms with E-state index in [0.29, 0.717) is 0 Å². The molecule has 0 bridgehead atoms. The maximum Gasteiger partial charge on any atom is 0.0837 e. The van der Waals surface area contributed by atoms with Crippen LogP contribution in [0.4, 0.5) is 0 Å². The van der Waals surface area contributed by atoms with E-state index in [4.69, 9.17) is 0 Å². The molecule has 0 aliphatic carbocycles. The van der Waals surface area contributed by atoms with Crippen LogP contribution in [0.2, 0.25) is 0 Å². The number of rotatable bonds is 8. The first-order chi connectivity index (χ1) is 11.2. The molecule has 23 heavy (non-hydrogen) atoms. The van der Waals surface area contributed by atoms with Gasteiger partial charge >= 0.3 is 0 Å². The summed E-state index contributed by atoms with van der Waals surface area (Å²) in [6, 6.07) is 4.80. The van der Waals surface area contributed by atoms with Crippen LogP contribution >= 0.6 is 0 Å². The van der Waals surface area contributed by atoms with Crippen molar-refractivity contribution in [3.05, 3.63) is 46.3 Å². The van der Waals surface area contributed by atoms with Crippen molar-refractivity contribution in [3.8, 4) is 11.1 Å². The first kappa shape index (κ1) is 17.8. The van der Waals surface area contributed by atoms with E-state index in [1.54, 1.807) is 0 Å². The lowest BCUT2D eigenvalue weighted by molar-refractivity contribution is 0.278. The number of hydrogen-bond donors (Lipinski definition) is 2. The second kappa shape index (κ2) is 8.35. The largest absolute Gasteiger partial charge is 0.390 e. The Morgan fingerprint density at radius 1 is 0.870 bits per heavy atom. The Hall–Kier alpha value is -1.54. The number of aryl methyl sites for hydroxylation is 4. The second-order valence-electron chi connectivity index (χ2n) is 6.52. The summed E-state index contributed by atoms with van der Waals surface area (Å²) in [4.78, 5) is 3.25. The zero-order chi connectivity index (χ0) is 16.8. The Kier molecular flexibility index (Phi) is 6.47. The number of H-pyrrole nitrogens is 1. The molecular formula is C21H31NO. The molecule has 2 rings (SSSR count). The Morgan fingerprint density at radius 2 is 1.43 bits per heavy atom. The lowest BCUT2D eigenvalue weighted by Gasteiger charge is -2.18. The summed E-state index contributed by atoms with van der Waals surface area (Å²) >= 11 is 0. The molecule has 2 nitrogen and oxygen atoms in total. The van der Waals surface area contributed by atoms with Gasteiger partial charge in [-0.15, -0.1) is 0 Å².